The molecule has 1 aliphatic carbocycles. The number of hydrogen-bond donors (Lipinski definition) is 3. The van der Waals surface area contributed by atoms with Gasteiger partial charge in [-0.2, -0.15) is 0 Å². The number of hydrogen-bond acceptors (Lipinski definition) is 3. The van der Waals surface area contributed by atoms with Crippen LogP contribution in [0.1, 0.15) is 39.5 Å². The number of nitrogens with zero attached hydrogens (tertiary/aromatic N) is 1. The lowest BCUT2D eigenvalue weighted by atomic mass is 9.75. The Bertz CT molecular complexity index is 213. The predicted molar refractivity (Wildman–Crippen MR) is 57.4 cm³/mol. The second-order valence-electron chi connectivity index (χ2n) is 4.93. The van der Waals surface area contributed by atoms with E-state index in [9.17, 15) is 0 Å². The highest BCUT2D eigenvalue weighted by molar-refractivity contribution is 5.81. The summed E-state index contributed by atoms with van der Waals surface area (Å²) in [5.41, 5.74) is 5.83. The molecule has 1 fully saturated rings. The molecule has 4 heteroatoms. The third-order valence-electron chi connectivity index (χ3n) is 2.91. The Labute approximate surface area is 85.6 Å². The minimum Gasteiger partial charge on any atom is -0.409 e. The van der Waals surface area contributed by atoms with Crippen LogP contribution in [0.25, 0.3) is 0 Å². The Morgan fingerprint density at radius 3 is 2.93 bits per heavy atom. The average Bonchev–Trinajstić information content (AvgIpc) is 2.12. The van der Waals surface area contributed by atoms with E-state index in [0.717, 1.165) is 0 Å². The molecule has 1 rings (SSSR count). The summed E-state index contributed by atoms with van der Waals surface area (Å²) < 4.78 is 0. The minimum atomic E-state index is 0.258. The van der Waals surface area contributed by atoms with Crippen LogP contribution >= 0.6 is 0 Å². The summed E-state index contributed by atoms with van der Waals surface area (Å²) in [4.78, 5) is 0. The smallest absolute Gasteiger partial charge is 0.153 e. The second kappa shape index (κ2) is 4.64. The molecule has 1 saturated carbocycles. The van der Waals surface area contributed by atoms with Gasteiger partial charge in [0.25, 0.3) is 0 Å². The fraction of sp³-hybridized carbons (Fsp3) is 0.900. The molecule has 0 saturated heterocycles. The van der Waals surface area contributed by atoms with Gasteiger partial charge in [0.15, 0.2) is 5.84 Å². The van der Waals surface area contributed by atoms with E-state index in [2.05, 4.69) is 24.3 Å². The number of nitrogens with one attached hydrogen (secondary N) is 1. The van der Waals surface area contributed by atoms with Crippen LogP contribution in [0.5, 0.6) is 0 Å². The maximum absolute atomic E-state index is 8.39. The van der Waals surface area contributed by atoms with Gasteiger partial charge in [0.1, 0.15) is 0 Å². The highest BCUT2D eigenvalue weighted by Gasteiger charge is 2.27. The van der Waals surface area contributed by atoms with Crippen molar-refractivity contribution in [3.8, 4) is 0 Å². The highest BCUT2D eigenvalue weighted by atomic mass is 16.4. The molecule has 0 aliphatic heterocycles. The summed E-state index contributed by atoms with van der Waals surface area (Å²) in [6, 6.07) is 0.513. The Balaban J connectivity index is 2.31. The van der Waals surface area contributed by atoms with Gasteiger partial charge >= 0.3 is 0 Å². The fourth-order valence-electron chi connectivity index (χ4n) is 2.16. The molecule has 0 radical (unpaired) electrons. The van der Waals surface area contributed by atoms with Crippen LogP contribution in [-0.4, -0.2) is 23.6 Å². The first-order chi connectivity index (χ1) is 6.53. The van der Waals surface area contributed by atoms with E-state index in [1.165, 1.54) is 25.7 Å². The largest absolute Gasteiger partial charge is 0.409 e. The van der Waals surface area contributed by atoms with Crippen molar-refractivity contribution in [1.29, 1.82) is 0 Å². The molecule has 14 heavy (non-hydrogen) atoms. The van der Waals surface area contributed by atoms with E-state index in [1.54, 1.807) is 0 Å². The summed E-state index contributed by atoms with van der Waals surface area (Å²) >= 11 is 0. The Kier molecular flexibility index (Phi) is 3.75. The number of oxime groups is 1. The average molecular weight is 199 g/mol. The van der Waals surface area contributed by atoms with Gasteiger partial charge in [0.05, 0.1) is 6.54 Å². The molecule has 0 aromatic rings. The Hall–Kier alpha value is -0.770. The van der Waals surface area contributed by atoms with Crippen LogP contribution in [0.2, 0.25) is 0 Å². The van der Waals surface area contributed by atoms with Crippen molar-refractivity contribution >= 4 is 5.84 Å². The molecular formula is C10H21N3O. The zero-order valence-electron chi connectivity index (χ0n) is 9.08. The Morgan fingerprint density at radius 1 is 1.64 bits per heavy atom. The molecule has 4 N–H and O–H groups in total. The van der Waals surface area contributed by atoms with Crippen LogP contribution in [0.15, 0.2) is 5.16 Å². The number of amidine groups is 1. The third-order valence-corrected chi connectivity index (χ3v) is 2.91. The zero-order chi connectivity index (χ0) is 10.6. The van der Waals surface area contributed by atoms with Crippen molar-refractivity contribution in [2.75, 3.05) is 6.54 Å². The maximum atomic E-state index is 8.39. The minimum absolute atomic E-state index is 0.258. The molecule has 0 heterocycles. The first-order valence-electron chi connectivity index (χ1n) is 5.23. The Morgan fingerprint density at radius 2 is 2.36 bits per heavy atom. The summed E-state index contributed by atoms with van der Waals surface area (Å²) in [6.07, 6.45) is 4.93. The standard InChI is InChI=1S/C10H21N3O/c1-10(2)5-3-4-8(6-10)12-7-9(11)13-14/h8,12,14H,3-7H2,1-2H3,(H2,11,13). The van der Waals surface area contributed by atoms with E-state index < -0.39 is 0 Å². The second-order valence-corrected chi connectivity index (χ2v) is 4.93. The SMILES string of the molecule is CC1(C)CCCC(NC/C(N)=N/O)C1. The molecule has 1 atom stereocenters. The summed E-state index contributed by atoms with van der Waals surface area (Å²) in [5, 5.41) is 14.6. The lowest BCUT2D eigenvalue weighted by molar-refractivity contribution is 0.202. The van der Waals surface area contributed by atoms with Crippen molar-refractivity contribution in [3.05, 3.63) is 0 Å². The quantitative estimate of drug-likeness (QED) is 0.277. The molecule has 0 aromatic heterocycles. The molecule has 0 bridgehead atoms. The monoisotopic (exact) mass is 199 g/mol. The molecule has 1 aliphatic rings. The van der Waals surface area contributed by atoms with E-state index >= 15 is 0 Å². The molecular weight excluding hydrogens is 178 g/mol. The van der Waals surface area contributed by atoms with Crippen LogP contribution < -0.4 is 11.1 Å². The van der Waals surface area contributed by atoms with Gasteiger partial charge in [-0.3, -0.25) is 0 Å². The summed E-state index contributed by atoms with van der Waals surface area (Å²) in [6.45, 7) is 5.08. The van der Waals surface area contributed by atoms with Crippen LogP contribution in [0.4, 0.5) is 0 Å². The van der Waals surface area contributed by atoms with Crippen molar-refractivity contribution < 1.29 is 5.21 Å². The van der Waals surface area contributed by atoms with Crippen molar-refractivity contribution in [1.82, 2.24) is 5.32 Å². The van der Waals surface area contributed by atoms with Crippen molar-refractivity contribution in [2.24, 2.45) is 16.3 Å². The van der Waals surface area contributed by atoms with Crippen molar-refractivity contribution in [3.63, 3.8) is 0 Å². The zero-order valence-corrected chi connectivity index (χ0v) is 9.08. The van der Waals surface area contributed by atoms with Gasteiger partial charge < -0.3 is 16.3 Å². The van der Waals surface area contributed by atoms with Crippen LogP contribution in [0.3, 0.4) is 0 Å². The first kappa shape index (κ1) is 11.3. The maximum Gasteiger partial charge on any atom is 0.153 e. The van der Waals surface area contributed by atoms with Gasteiger partial charge in [-0.05, 0) is 24.7 Å². The van der Waals surface area contributed by atoms with E-state index in [1.807, 2.05) is 0 Å². The summed E-state index contributed by atoms with van der Waals surface area (Å²) in [7, 11) is 0. The van der Waals surface area contributed by atoms with Gasteiger partial charge in [-0.25, -0.2) is 0 Å². The molecule has 1 unspecified atom stereocenters. The van der Waals surface area contributed by atoms with Gasteiger partial charge in [-0.1, -0.05) is 25.4 Å². The van der Waals surface area contributed by atoms with E-state index in [-0.39, 0.29) is 5.84 Å². The molecule has 82 valence electrons. The van der Waals surface area contributed by atoms with Crippen LogP contribution in [-0.2, 0) is 0 Å². The fourth-order valence-corrected chi connectivity index (χ4v) is 2.16. The number of nitrogens with two attached hydrogens (primary N) is 1. The molecule has 0 spiro atoms. The van der Waals surface area contributed by atoms with Crippen LogP contribution in [0, 0.1) is 5.41 Å². The van der Waals surface area contributed by atoms with E-state index in [0.29, 0.717) is 18.0 Å². The van der Waals surface area contributed by atoms with E-state index in [4.69, 9.17) is 10.9 Å². The summed E-state index contributed by atoms with van der Waals surface area (Å²) in [5.74, 6) is 0.258. The topological polar surface area (TPSA) is 70.6 Å². The lowest BCUT2D eigenvalue weighted by Crippen LogP contribution is -2.41. The normalized spacial score (nSPS) is 27.6. The van der Waals surface area contributed by atoms with Gasteiger partial charge in [-0.15, -0.1) is 0 Å². The molecule has 0 aromatic carbocycles. The van der Waals surface area contributed by atoms with Crippen molar-refractivity contribution in [2.45, 2.75) is 45.6 Å². The third kappa shape index (κ3) is 3.54. The highest BCUT2D eigenvalue weighted by Crippen LogP contribution is 2.34. The molecule has 4 nitrogen and oxygen atoms in total. The lowest BCUT2D eigenvalue weighted by Gasteiger charge is -2.35. The predicted octanol–water partition coefficient (Wildman–Crippen LogP) is 1.29. The first-order valence-corrected chi connectivity index (χ1v) is 5.23. The number of rotatable bonds is 3. The van der Waals surface area contributed by atoms with Gasteiger partial charge in [0, 0.05) is 6.04 Å². The molecule has 0 amide bonds. The van der Waals surface area contributed by atoms with Gasteiger partial charge in [0.2, 0.25) is 0 Å².